The highest BCUT2D eigenvalue weighted by Gasteiger charge is 2.36. The van der Waals surface area contributed by atoms with Crippen LogP contribution in [0.3, 0.4) is 0 Å². The molecule has 1 aliphatic heterocycles. The third-order valence-corrected chi connectivity index (χ3v) is 4.13. The van der Waals surface area contributed by atoms with Gasteiger partial charge in [-0.05, 0) is 12.8 Å². The molecule has 0 atom stereocenters. The first-order chi connectivity index (χ1) is 8.48. The van der Waals surface area contributed by atoms with E-state index in [2.05, 4.69) is 0 Å². The summed E-state index contributed by atoms with van der Waals surface area (Å²) in [5.74, 6) is -0.553. The van der Waals surface area contributed by atoms with Gasteiger partial charge in [-0.3, -0.25) is 9.59 Å². The molecule has 1 amide bonds. The lowest BCUT2D eigenvalue weighted by Crippen LogP contribution is -2.54. The third-order valence-electron chi connectivity index (χ3n) is 4.13. The highest BCUT2D eigenvalue weighted by molar-refractivity contribution is 5.78. The second kappa shape index (κ2) is 5.26. The number of nitrogens with two attached hydrogens (primary N) is 1. The van der Waals surface area contributed by atoms with Crippen LogP contribution in [0.15, 0.2) is 0 Å². The van der Waals surface area contributed by atoms with Gasteiger partial charge in [-0.25, -0.2) is 0 Å². The second-order valence-electron chi connectivity index (χ2n) is 5.86. The van der Waals surface area contributed by atoms with E-state index in [1.165, 1.54) is 6.42 Å². The summed E-state index contributed by atoms with van der Waals surface area (Å²) in [4.78, 5) is 24.3. The number of carbonyl (C=O) groups is 2. The third kappa shape index (κ3) is 3.22. The summed E-state index contributed by atoms with van der Waals surface area (Å²) in [6.07, 6.45) is 5.91. The van der Waals surface area contributed by atoms with Gasteiger partial charge in [0.2, 0.25) is 5.91 Å². The van der Waals surface area contributed by atoms with Gasteiger partial charge >= 0.3 is 5.97 Å². The lowest BCUT2D eigenvalue weighted by molar-refractivity contribution is -0.145. The summed E-state index contributed by atoms with van der Waals surface area (Å²) < 4.78 is 0. The Balaban J connectivity index is 1.74. The van der Waals surface area contributed by atoms with Crippen molar-refractivity contribution in [2.75, 3.05) is 13.1 Å². The first-order valence-corrected chi connectivity index (χ1v) is 6.77. The maximum atomic E-state index is 12.0. The smallest absolute Gasteiger partial charge is 0.303 e. The Morgan fingerprint density at radius 1 is 1.22 bits per heavy atom. The molecule has 1 heterocycles. The zero-order valence-corrected chi connectivity index (χ0v) is 10.7. The van der Waals surface area contributed by atoms with Crippen LogP contribution >= 0.6 is 0 Å². The molecule has 102 valence electrons. The van der Waals surface area contributed by atoms with Gasteiger partial charge in [0.05, 0.1) is 6.42 Å². The Hall–Kier alpha value is -1.10. The van der Waals surface area contributed by atoms with E-state index < -0.39 is 5.97 Å². The number of nitrogens with zero attached hydrogens (tertiary/aromatic N) is 1. The van der Waals surface area contributed by atoms with Gasteiger partial charge in [0, 0.05) is 31.0 Å². The van der Waals surface area contributed by atoms with Crippen molar-refractivity contribution in [2.24, 2.45) is 11.7 Å². The average Bonchev–Trinajstić information content (AvgIpc) is 2.22. The van der Waals surface area contributed by atoms with Crippen LogP contribution in [-0.4, -0.2) is 40.5 Å². The fourth-order valence-electron chi connectivity index (χ4n) is 3.00. The number of likely N-dealkylation sites (tertiary alicyclic amines) is 1. The summed E-state index contributed by atoms with van der Waals surface area (Å²) in [6, 6.07) is 0. The van der Waals surface area contributed by atoms with Gasteiger partial charge in [-0.2, -0.15) is 0 Å². The SMILES string of the molecule is NC1(CC(=O)N2CC(CC(=O)O)C2)CCCCC1. The van der Waals surface area contributed by atoms with Crippen molar-refractivity contribution in [1.29, 1.82) is 0 Å². The van der Waals surface area contributed by atoms with Gasteiger partial charge in [0.15, 0.2) is 0 Å². The molecule has 1 saturated carbocycles. The summed E-state index contributed by atoms with van der Waals surface area (Å²) >= 11 is 0. The molecule has 0 aromatic carbocycles. The normalized spacial score (nSPS) is 23.5. The number of carbonyl (C=O) groups excluding carboxylic acids is 1. The molecule has 0 aromatic heterocycles. The molecule has 0 unspecified atom stereocenters. The maximum Gasteiger partial charge on any atom is 0.303 e. The van der Waals surface area contributed by atoms with Crippen molar-refractivity contribution in [3.63, 3.8) is 0 Å². The fourth-order valence-corrected chi connectivity index (χ4v) is 3.00. The quantitative estimate of drug-likeness (QED) is 0.783. The van der Waals surface area contributed by atoms with E-state index >= 15 is 0 Å². The maximum absolute atomic E-state index is 12.0. The monoisotopic (exact) mass is 254 g/mol. The van der Waals surface area contributed by atoms with Crippen LogP contribution in [0, 0.1) is 5.92 Å². The zero-order chi connectivity index (χ0) is 13.2. The van der Waals surface area contributed by atoms with E-state index in [1.807, 2.05) is 0 Å². The van der Waals surface area contributed by atoms with Crippen molar-refractivity contribution >= 4 is 11.9 Å². The lowest BCUT2D eigenvalue weighted by atomic mass is 9.79. The largest absolute Gasteiger partial charge is 0.481 e. The lowest BCUT2D eigenvalue weighted by Gasteiger charge is -2.41. The van der Waals surface area contributed by atoms with Crippen molar-refractivity contribution in [3.8, 4) is 0 Å². The average molecular weight is 254 g/mol. The molecule has 1 saturated heterocycles. The number of carboxylic acid groups (broad SMARTS) is 1. The van der Waals surface area contributed by atoms with Crippen LogP contribution in [0.1, 0.15) is 44.9 Å². The van der Waals surface area contributed by atoms with Crippen LogP contribution in [0.25, 0.3) is 0 Å². The molecular weight excluding hydrogens is 232 g/mol. The Kier molecular flexibility index (Phi) is 3.90. The molecule has 2 aliphatic rings. The van der Waals surface area contributed by atoms with Gasteiger partial charge in [0.25, 0.3) is 0 Å². The minimum Gasteiger partial charge on any atom is -0.481 e. The Morgan fingerprint density at radius 3 is 2.39 bits per heavy atom. The van der Waals surface area contributed by atoms with Gasteiger partial charge < -0.3 is 15.7 Å². The number of hydrogen-bond donors (Lipinski definition) is 2. The highest BCUT2D eigenvalue weighted by atomic mass is 16.4. The number of aliphatic carboxylic acids is 1. The molecule has 18 heavy (non-hydrogen) atoms. The number of hydrogen-bond acceptors (Lipinski definition) is 3. The van der Waals surface area contributed by atoms with Crippen LogP contribution in [0.2, 0.25) is 0 Å². The van der Waals surface area contributed by atoms with Crippen molar-refractivity contribution in [3.05, 3.63) is 0 Å². The van der Waals surface area contributed by atoms with Crippen molar-refractivity contribution < 1.29 is 14.7 Å². The van der Waals surface area contributed by atoms with Gasteiger partial charge in [-0.1, -0.05) is 19.3 Å². The molecule has 5 nitrogen and oxygen atoms in total. The van der Waals surface area contributed by atoms with Crippen LogP contribution < -0.4 is 5.73 Å². The molecule has 0 spiro atoms. The predicted octanol–water partition coefficient (Wildman–Crippen LogP) is 0.971. The molecule has 2 fully saturated rings. The Morgan fingerprint density at radius 2 is 1.83 bits per heavy atom. The summed E-state index contributed by atoms with van der Waals surface area (Å²) in [7, 11) is 0. The minimum absolute atomic E-state index is 0.0982. The number of amides is 1. The van der Waals surface area contributed by atoms with Gasteiger partial charge in [0.1, 0.15) is 0 Å². The summed E-state index contributed by atoms with van der Waals surface area (Å²) in [5.41, 5.74) is 5.94. The molecule has 0 bridgehead atoms. The number of rotatable bonds is 4. The number of carboxylic acids is 1. The Labute approximate surface area is 107 Å². The molecular formula is C13H22N2O3. The van der Waals surface area contributed by atoms with E-state index in [4.69, 9.17) is 10.8 Å². The highest BCUT2D eigenvalue weighted by Crippen LogP contribution is 2.30. The van der Waals surface area contributed by atoms with E-state index in [1.54, 1.807) is 4.90 Å². The molecule has 5 heteroatoms. The van der Waals surface area contributed by atoms with E-state index in [0.29, 0.717) is 19.5 Å². The fraction of sp³-hybridized carbons (Fsp3) is 0.846. The first kappa shape index (κ1) is 13.3. The standard InChI is InChI=1S/C13H22N2O3/c14-13(4-2-1-3-5-13)7-11(16)15-8-10(9-15)6-12(17)18/h10H,1-9,14H2,(H,17,18). The molecule has 0 aromatic rings. The summed E-state index contributed by atoms with van der Waals surface area (Å²) in [6.45, 7) is 1.17. The Bertz CT molecular complexity index is 331. The molecule has 1 aliphatic carbocycles. The topological polar surface area (TPSA) is 83.6 Å². The van der Waals surface area contributed by atoms with Crippen molar-refractivity contribution in [1.82, 2.24) is 4.90 Å². The second-order valence-corrected chi connectivity index (χ2v) is 5.86. The van der Waals surface area contributed by atoms with E-state index in [0.717, 1.165) is 25.7 Å². The molecule has 2 rings (SSSR count). The van der Waals surface area contributed by atoms with Crippen LogP contribution in [-0.2, 0) is 9.59 Å². The first-order valence-electron chi connectivity index (χ1n) is 6.77. The van der Waals surface area contributed by atoms with Crippen molar-refractivity contribution in [2.45, 2.75) is 50.5 Å². The van der Waals surface area contributed by atoms with Crippen LogP contribution in [0.4, 0.5) is 0 Å². The predicted molar refractivity (Wildman–Crippen MR) is 66.9 cm³/mol. The summed E-state index contributed by atoms with van der Waals surface area (Å²) in [5, 5.41) is 8.65. The van der Waals surface area contributed by atoms with Gasteiger partial charge in [-0.15, -0.1) is 0 Å². The molecule has 3 N–H and O–H groups in total. The minimum atomic E-state index is -0.783. The molecule has 0 radical (unpaired) electrons. The van der Waals surface area contributed by atoms with Crippen LogP contribution in [0.5, 0.6) is 0 Å². The van der Waals surface area contributed by atoms with E-state index in [9.17, 15) is 9.59 Å². The zero-order valence-electron chi connectivity index (χ0n) is 10.7. The van der Waals surface area contributed by atoms with E-state index in [-0.39, 0.29) is 23.8 Å².